The van der Waals surface area contributed by atoms with Gasteiger partial charge < -0.3 is 0 Å². The Balaban J connectivity index is 4.47. The Morgan fingerprint density at radius 3 is 1.77 bits per heavy atom. The summed E-state index contributed by atoms with van der Waals surface area (Å²) in [6, 6.07) is 0. The van der Waals surface area contributed by atoms with Crippen LogP contribution in [0.5, 0.6) is 0 Å². The Labute approximate surface area is 78.8 Å². The summed E-state index contributed by atoms with van der Waals surface area (Å²) in [7, 11) is 0. The maximum absolute atomic E-state index is 11.3. The molecule has 0 saturated heterocycles. The van der Waals surface area contributed by atoms with Crippen molar-refractivity contribution in [1.82, 2.24) is 0 Å². The first-order valence-corrected chi connectivity index (χ1v) is 4.25. The van der Waals surface area contributed by atoms with Gasteiger partial charge in [-0.05, 0) is 20.8 Å². The van der Waals surface area contributed by atoms with Crippen LogP contribution in [0.25, 0.3) is 0 Å². The number of carbonyl (C=O) groups is 1. The molecule has 76 valence electrons. The number of rotatable bonds is 3. The number of Topliss-reactive ketones (excluding diaryl/α,β-unsaturated/α-hetero) is 1. The van der Waals surface area contributed by atoms with Crippen LogP contribution in [-0.2, 0) is 9.63 Å². The fraction of sp³-hybridized carbons (Fsp3) is 0.889. The van der Waals surface area contributed by atoms with E-state index in [2.05, 4.69) is 0 Å². The SMILES string of the molecule is CC(=O)C(C)(C)O[N+](=O)C(C)(C)C. The van der Waals surface area contributed by atoms with Gasteiger partial charge in [-0.2, -0.15) is 0 Å². The molecule has 0 aliphatic heterocycles. The van der Waals surface area contributed by atoms with Crippen molar-refractivity contribution < 1.29 is 14.6 Å². The highest BCUT2D eigenvalue weighted by Gasteiger charge is 2.40. The van der Waals surface area contributed by atoms with Crippen LogP contribution in [0.3, 0.4) is 0 Å². The number of hydrogen-bond acceptors (Lipinski definition) is 3. The molecule has 4 nitrogen and oxygen atoms in total. The van der Waals surface area contributed by atoms with Crippen LogP contribution in [-0.4, -0.2) is 21.8 Å². The lowest BCUT2D eigenvalue weighted by Gasteiger charge is -2.17. The van der Waals surface area contributed by atoms with Crippen LogP contribution in [0.4, 0.5) is 0 Å². The molecular formula is C9H18NO3+. The second kappa shape index (κ2) is 3.44. The van der Waals surface area contributed by atoms with E-state index in [1.165, 1.54) is 6.92 Å². The largest absolute Gasteiger partial charge is 0.295 e. The third-order valence-corrected chi connectivity index (χ3v) is 1.71. The van der Waals surface area contributed by atoms with Gasteiger partial charge in [-0.25, -0.2) is 4.84 Å². The van der Waals surface area contributed by atoms with Crippen molar-refractivity contribution in [2.24, 2.45) is 0 Å². The summed E-state index contributed by atoms with van der Waals surface area (Å²) in [5.74, 6) is -0.169. The third-order valence-electron chi connectivity index (χ3n) is 1.71. The van der Waals surface area contributed by atoms with E-state index in [9.17, 15) is 9.70 Å². The van der Waals surface area contributed by atoms with Gasteiger partial charge in [-0.15, -0.1) is 0 Å². The van der Waals surface area contributed by atoms with Crippen molar-refractivity contribution in [1.29, 1.82) is 0 Å². The first-order chi connectivity index (χ1) is 5.57. The van der Waals surface area contributed by atoms with Crippen molar-refractivity contribution >= 4 is 5.78 Å². The first kappa shape index (κ1) is 12.1. The first-order valence-electron chi connectivity index (χ1n) is 4.25. The molecule has 0 heterocycles. The Bertz CT molecular complexity index is 226. The highest BCUT2D eigenvalue weighted by Crippen LogP contribution is 2.16. The van der Waals surface area contributed by atoms with Gasteiger partial charge in [0.05, 0.1) is 4.91 Å². The highest BCUT2D eigenvalue weighted by atomic mass is 16.8. The monoisotopic (exact) mass is 188 g/mol. The maximum Gasteiger partial charge on any atom is 0.258 e. The summed E-state index contributed by atoms with van der Waals surface area (Å²) in [4.78, 5) is 27.8. The van der Waals surface area contributed by atoms with Crippen molar-refractivity contribution in [3.63, 3.8) is 0 Å². The maximum atomic E-state index is 11.3. The van der Waals surface area contributed by atoms with E-state index in [-0.39, 0.29) is 5.78 Å². The smallest absolute Gasteiger partial charge is 0.258 e. The van der Waals surface area contributed by atoms with Crippen LogP contribution in [0, 0.1) is 4.91 Å². The van der Waals surface area contributed by atoms with E-state index in [4.69, 9.17) is 4.84 Å². The quantitative estimate of drug-likeness (QED) is 0.635. The molecule has 0 unspecified atom stereocenters. The molecule has 0 spiro atoms. The minimum absolute atomic E-state index is 0.169. The lowest BCUT2D eigenvalue weighted by Crippen LogP contribution is -2.42. The topological polar surface area (TPSA) is 46.4 Å². The third kappa shape index (κ3) is 3.53. The molecule has 0 aliphatic rings. The molecule has 0 rings (SSSR count). The van der Waals surface area contributed by atoms with E-state index in [1.807, 2.05) is 0 Å². The molecule has 0 aromatic carbocycles. The van der Waals surface area contributed by atoms with E-state index < -0.39 is 11.1 Å². The summed E-state index contributed by atoms with van der Waals surface area (Å²) in [5.41, 5.74) is -1.69. The molecular weight excluding hydrogens is 170 g/mol. The number of carbonyl (C=O) groups excluding carboxylic acids is 1. The van der Waals surface area contributed by atoms with Crippen molar-refractivity contribution in [3.8, 4) is 0 Å². The normalized spacial score (nSPS) is 12.5. The fourth-order valence-electron chi connectivity index (χ4n) is 0.408. The highest BCUT2D eigenvalue weighted by molar-refractivity contribution is 5.83. The minimum atomic E-state index is -1.05. The lowest BCUT2D eigenvalue weighted by molar-refractivity contribution is -0.858. The van der Waals surface area contributed by atoms with Gasteiger partial charge in [0.1, 0.15) is 0 Å². The zero-order valence-electron chi connectivity index (χ0n) is 9.17. The molecule has 4 heteroatoms. The van der Waals surface area contributed by atoms with Gasteiger partial charge in [0.2, 0.25) is 10.5 Å². The van der Waals surface area contributed by atoms with Crippen molar-refractivity contribution in [2.45, 2.75) is 52.7 Å². The van der Waals surface area contributed by atoms with E-state index in [0.29, 0.717) is 4.92 Å². The Kier molecular flexibility index (Phi) is 3.19. The predicted molar refractivity (Wildman–Crippen MR) is 49.2 cm³/mol. The van der Waals surface area contributed by atoms with Crippen molar-refractivity contribution in [3.05, 3.63) is 4.91 Å². The predicted octanol–water partition coefficient (Wildman–Crippen LogP) is 1.86. The van der Waals surface area contributed by atoms with E-state index in [0.717, 1.165) is 0 Å². The fourth-order valence-corrected chi connectivity index (χ4v) is 0.408. The molecule has 13 heavy (non-hydrogen) atoms. The molecule has 0 aromatic heterocycles. The van der Waals surface area contributed by atoms with Crippen LogP contribution in [0.1, 0.15) is 41.5 Å². The molecule has 0 aromatic rings. The average molecular weight is 188 g/mol. The molecule has 0 amide bonds. The summed E-state index contributed by atoms with van der Waals surface area (Å²) >= 11 is 0. The zero-order valence-corrected chi connectivity index (χ0v) is 9.17. The van der Waals surface area contributed by atoms with Gasteiger partial charge in [-0.3, -0.25) is 4.79 Å². The Hall–Kier alpha value is -0.930. The number of nitrogens with zero attached hydrogens (tertiary/aromatic N) is 1. The minimum Gasteiger partial charge on any atom is -0.295 e. The van der Waals surface area contributed by atoms with Gasteiger partial charge in [0.25, 0.3) is 5.54 Å². The molecule has 0 fully saturated rings. The second-order valence-corrected chi connectivity index (χ2v) is 4.59. The summed E-state index contributed by atoms with van der Waals surface area (Å²) in [6.07, 6.45) is 0. The Morgan fingerprint density at radius 2 is 1.54 bits per heavy atom. The second-order valence-electron chi connectivity index (χ2n) is 4.59. The standard InChI is InChI=1S/C9H18NO3/c1-7(11)9(5,6)13-10(12)8(2,3)4/h1-6H3/q+1. The lowest BCUT2D eigenvalue weighted by atomic mass is 10.1. The van der Waals surface area contributed by atoms with Gasteiger partial charge in [-0.1, -0.05) is 0 Å². The average Bonchev–Trinajstić information content (AvgIpc) is 1.83. The van der Waals surface area contributed by atoms with Crippen LogP contribution >= 0.6 is 0 Å². The molecule has 0 atom stereocenters. The van der Waals surface area contributed by atoms with Gasteiger partial charge >= 0.3 is 0 Å². The Morgan fingerprint density at radius 1 is 1.15 bits per heavy atom. The van der Waals surface area contributed by atoms with Gasteiger partial charge in [0, 0.05) is 20.8 Å². The summed E-state index contributed by atoms with van der Waals surface area (Å²) in [6.45, 7) is 9.71. The van der Waals surface area contributed by atoms with E-state index >= 15 is 0 Å². The molecule has 0 bridgehead atoms. The van der Waals surface area contributed by atoms with E-state index in [1.54, 1.807) is 34.6 Å². The number of hydrogen-bond donors (Lipinski definition) is 0. The molecule has 0 aliphatic carbocycles. The van der Waals surface area contributed by atoms with Crippen LogP contribution in [0.2, 0.25) is 0 Å². The van der Waals surface area contributed by atoms with Crippen LogP contribution in [0.15, 0.2) is 0 Å². The van der Waals surface area contributed by atoms with Crippen LogP contribution < -0.4 is 0 Å². The molecule has 0 saturated carbocycles. The van der Waals surface area contributed by atoms with Crippen molar-refractivity contribution in [2.75, 3.05) is 0 Å². The number of ketones is 1. The molecule has 0 radical (unpaired) electrons. The molecule has 0 N–H and O–H groups in total. The van der Waals surface area contributed by atoms with Gasteiger partial charge in [0.15, 0.2) is 5.78 Å². The summed E-state index contributed by atoms with van der Waals surface area (Å²) in [5, 5.41) is 0. The zero-order chi connectivity index (χ0) is 10.9. The summed E-state index contributed by atoms with van der Waals surface area (Å²) < 4.78 is 0.